The van der Waals surface area contributed by atoms with Gasteiger partial charge < -0.3 is 14.8 Å². The van der Waals surface area contributed by atoms with Gasteiger partial charge in [0.2, 0.25) is 0 Å². The van der Waals surface area contributed by atoms with E-state index in [0.717, 1.165) is 47.5 Å². The Morgan fingerprint density at radius 1 is 1.13 bits per heavy atom. The molecule has 0 atom stereocenters. The number of benzene rings is 2. The van der Waals surface area contributed by atoms with Crippen molar-refractivity contribution in [2.45, 2.75) is 12.8 Å². The molecule has 0 unspecified atom stereocenters. The Labute approximate surface area is 183 Å². The Morgan fingerprint density at radius 2 is 1.87 bits per heavy atom. The molecule has 1 amide bonds. The molecule has 1 N–H and O–H groups in total. The summed E-state index contributed by atoms with van der Waals surface area (Å²) in [6, 6.07) is 15.3. The fraction of sp³-hybridized carbons (Fsp3) is 0.318. The van der Waals surface area contributed by atoms with E-state index in [-0.39, 0.29) is 12.5 Å². The smallest absolute Gasteiger partial charge is 0.257 e. The predicted octanol–water partition coefficient (Wildman–Crippen LogP) is 3.62. The van der Waals surface area contributed by atoms with Gasteiger partial charge in [-0.05, 0) is 55.2 Å². The molecule has 1 aromatic heterocycles. The van der Waals surface area contributed by atoms with Crippen LogP contribution in [0.25, 0.3) is 16.9 Å². The van der Waals surface area contributed by atoms with E-state index in [1.165, 1.54) is 0 Å². The molecule has 1 aliphatic heterocycles. The van der Waals surface area contributed by atoms with Gasteiger partial charge >= 0.3 is 0 Å². The third-order valence-electron chi connectivity index (χ3n) is 5.03. The van der Waals surface area contributed by atoms with Crippen LogP contribution in [0, 0.1) is 5.92 Å². The maximum Gasteiger partial charge on any atom is 0.257 e. The fourth-order valence-electron chi connectivity index (χ4n) is 3.25. The molecule has 1 aliphatic rings. The van der Waals surface area contributed by atoms with Crippen LogP contribution in [0.15, 0.2) is 59.2 Å². The zero-order chi connectivity index (χ0) is 20.8. The SMILES string of the molecule is O=C(COc1ccc(-n2cc(-c3ccc(Br)cc3)nn2)cc1)NCC1CCOCC1. The largest absolute Gasteiger partial charge is 0.484 e. The van der Waals surface area contributed by atoms with Gasteiger partial charge in [0, 0.05) is 29.8 Å². The Morgan fingerprint density at radius 3 is 2.60 bits per heavy atom. The lowest BCUT2D eigenvalue weighted by molar-refractivity contribution is -0.123. The van der Waals surface area contributed by atoms with Gasteiger partial charge in [0.1, 0.15) is 11.4 Å². The van der Waals surface area contributed by atoms with E-state index < -0.39 is 0 Å². The number of ether oxygens (including phenoxy) is 2. The van der Waals surface area contributed by atoms with Crippen LogP contribution in [-0.4, -0.2) is 47.3 Å². The van der Waals surface area contributed by atoms with E-state index in [1.807, 2.05) is 54.7 Å². The second-order valence-corrected chi connectivity index (χ2v) is 8.11. The number of hydrogen-bond acceptors (Lipinski definition) is 5. The molecule has 8 heteroatoms. The van der Waals surface area contributed by atoms with Crippen molar-refractivity contribution in [3.8, 4) is 22.7 Å². The summed E-state index contributed by atoms with van der Waals surface area (Å²) in [5.74, 6) is 1.01. The molecule has 2 aromatic carbocycles. The van der Waals surface area contributed by atoms with Gasteiger partial charge in [-0.15, -0.1) is 5.10 Å². The van der Waals surface area contributed by atoms with Crippen LogP contribution in [-0.2, 0) is 9.53 Å². The second kappa shape index (κ2) is 9.86. The highest BCUT2D eigenvalue weighted by Crippen LogP contribution is 2.21. The summed E-state index contributed by atoms with van der Waals surface area (Å²) < 4.78 is 13.7. The van der Waals surface area contributed by atoms with Gasteiger partial charge in [0.25, 0.3) is 5.91 Å². The highest BCUT2D eigenvalue weighted by atomic mass is 79.9. The summed E-state index contributed by atoms with van der Waals surface area (Å²) in [6.45, 7) is 2.23. The van der Waals surface area contributed by atoms with Crippen molar-refractivity contribution in [1.29, 1.82) is 0 Å². The summed E-state index contributed by atoms with van der Waals surface area (Å²) in [4.78, 5) is 12.0. The van der Waals surface area contributed by atoms with Gasteiger partial charge in [-0.3, -0.25) is 4.79 Å². The van der Waals surface area contributed by atoms with E-state index >= 15 is 0 Å². The van der Waals surface area contributed by atoms with Crippen molar-refractivity contribution in [2.75, 3.05) is 26.4 Å². The number of nitrogens with one attached hydrogen (secondary N) is 1. The minimum atomic E-state index is -0.110. The number of amides is 1. The number of nitrogens with zero attached hydrogens (tertiary/aromatic N) is 3. The molecule has 0 aliphatic carbocycles. The Kier molecular flexibility index (Phi) is 6.76. The van der Waals surface area contributed by atoms with E-state index in [0.29, 0.717) is 18.2 Å². The van der Waals surface area contributed by atoms with Crippen LogP contribution < -0.4 is 10.1 Å². The van der Waals surface area contributed by atoms with Gasteiger partial charge in [0.15, 0.2) is 6.61 Å². The molecule has 30 heavy (non-hydrogen) atoms. The first kappa shape index (κ1) is 20.6. The molecular formula is C22H23BrN4O3. The molecule has 1 fully saturated rings. The van der Waals surface area contributed by atoms with E-state index in [4.69, 9.17) is 9.47 Å². The topological polar surface area (TPSA) is 78.3 Å². The third-order valence-corrected chi connectivity index (χ3v) is 5.56. The Balaban J connectivity index is 1.28. The highest BCUT2D eigenvalue weighted by Gasteiger charge is 2.14. The number of hydrogen-bond donors (Lipinski definition) is 1. The first-order valence-electron chi connectivity index (χ1n) is 9.93. The van der Waals surface area contributed by atoms with Gasteiger partial charge in [-0.25, -0.2) is 4.68 Å². The Bertz CT molecular complexity index is 967. The molecular weight excluding hydrogens is 448 g/mol. The summed E-state index contributed by atoms with van der Waals surface area (Å²) >= 11 is 3.43. The predicted molar refractivity (Wildman–Crippen MR) is 117 cm³/mol. The number of aromatic nitrogens is 3. The zero-order valence-electron chi connectivity index (χ0n) is 16.5. The van der Waals surface area contributed by atoms with Crippen LogP contribution in [0.3, 0.4) is 0 Å². The van der Waals surface area contributed by atoms with Crippen LogP contribution >= 0.6 is 15.9 Å². The third kappa shape index (κ3) is 5.46. The average molecular weight is 471 g/mol. The van der Waals surface area contributed by atoms with Crippen molar-refractivity contribution in [2.24, 2.45) is 5.92 Å². The molecule has 7 nitrogen and oxygen atoms in total. The minimum absolute atomic E-state index is 0.000390. The molecule has 0 radical (unpaired) electrons. The van der Waals surface area contributed by atoms with Crippen molar-refractivity contribution in [1.82, 2.24) is 20.3 Å². The lowest BCUT2D eigenvalue weighted by Crippen LogP contribution is -2.35. The maximum absolute atomic E-state index is 12.0. The van der Waals surface area contributed by atoms with E-state index in [2.05, 4.69) is 31.6 Å². The van der Waals surface area contributed by atoms with Crippen LogP contribution in [0.5, 0.6) is 5.75 Å². The standard InChI is InChI=1S/C22H23BrN4O3/c23-18-3-1-17(2-4-18)21-14-27(26-25-21)19-5-7-20(8-6-19)30-15-22(28)24-13-16-9-11-29-12-10-16/h1-8,14,16H,9-13,15H2,(H,24,28). The Hall–Kier alpha value is -2.71. The molecule has 156 valence electrons. The summed E-state index contributed by atoms with van der Waals surface area (Å²) in [6.07, 6.45) is 3.87. The number of rotatable bonds is 7. The normalized spacial score (nSPS) is 14.4. The van der Waals surface area contributed by atoms with Gasteiger partial charge in [-0.2, -0.15) is 0 Å². The molecule has 2 heterocycles. The summed E-state index contributed by atoms with van der Waals surface area (Å²) in [5, 5.41) is 11.4. The lowest BCUT2D eigenvalue weighted by atomic mass is 10.0. The van der Waals surface area contributed by atoms with E-state index in [9.17, 15) is 4.79 Å². The van der Waals surface area contributed by atoms with Crippen molar-refractivity contribution < 1.29 is 14.3 Å². The van der Waals surface area contributed by atoms with Crippen molar-refractivity contribution in [3.05, 3.63) is 59.2 Å². The molecule has 1 saturated heterocycles. The van der Waals surface area contributed by atoms with Crippen LogP contribution in [0.1, 0.15) is 12.8 Å². The highest BCUT2D eigenvalue weighted by molar-refractivity contribution is 9.10. The van der Waals surface area contributed by atoms with Gasteiger partial charge in [-0.1, -0.05) is 33.3 Å². The number of carbonyl (C=O) groups is 1. The van der Waals surface area contributed by atoms with Crippen LogP contribution in [0.4, 0.5) is 0 Å². The zero-order valence-corrected chi connectivity index (χ0v) is 18.0. The number of carbonyl (C=O) groups excluding carboxylic acids is 1. The average Bonchev–Trinajstić information content (AvgIpc) is 3.28. The molecule has 4 rings (SSSR count). The van der Waals surface area contributed by atoms with Crippen molar-refractivity contribution >= 4 is 21.8 Å². The monoisotopic (exact) mass is 470 g/mol. The first-order valence-corrected chi connectivity index (χ1v) is 10.7. The van der Waals surface area contributed by atoms with Crippen molar-refractivity contribution in [3.63, 3.8) is 0 Å². The lowest BCUT2D eigenvalue weighted by Gasteiger charge is -2.22. The quantitative estimate of drug-likeness (QED) is 0.570. The summed E-state index contributed by atoms with van der Waals surface area (Å²) in [5.41, 5.74) is 2.65. The number of halogens is 1. The molecule has 0 bridgehead atoms. The van der Waals surface area contributed by atoms with Gasteiger partial charge in [0.05, 0.1) is 11.9 Å². The fourth-order valence-corrected chi connectivity index (χ4v) is 3.51. The molecule has 3 aromatic rings. The van der Waals surface area contributed by atoms with Crippen LogP contribution in [0.2, 0.25) is 0 Å². The second-order valence-electron chi connectivity index (χ2n) is 7.20. The first-order chi connectivity index (χ1) is 14.7. The minimum Gasteiger partial charge on any atom is -0.484 e. The van der Waals surface area contributed by atoms with E-state index in [1.54, 1.807) is 4.68 Å². The maximum atomic E-state index is 12.0. The summed E-state index contributed by atoms with van der Waals surface area (Å²) in [7, 11) is 0. The molecule has 0 spiro atoms. The molecule has 0 saturated carbocycles.